The van der Waals surface area contributed by atoms with E-state index in [0.29, 0.717) is 32.2 Å². The highest BCUT2D eigenvalue weighted by molar-refractivity contribution is 8.26. The van der Waals surface area contributed by atoms with Crippen molar-refractivity contribution >= 4 is 51.7 Å². The van der Waals surface area contributed by atoms with Gasteiger partial charge < -0.3 is 4.90 Å². The van der Waals surface area contributed by atoms with Crippen molar-refractivity contribution in [3.63, 3.8) is 0 Å². The van der Waals surface area contributed by atoms with E-state index in [1.165, 1.54) is 17.3 Å². The maximum absolute atomic E-state index is 13.9. The molecule has 1 atom stereocenters. The van der Waals surface area contributed by atoms with Gasteiger partial charge in [0.15, 0.2) is 0 Å². The predicted molar refractivity (Wildman–Crippen MR) is 171 cm³/mol. The lowest BCUT2D eigenvalue weighted by molar-refractivity contribution is -0.123. The van der Waals surface area contributed by atoms with Crippen LogP contribution in [0.3, 0.4) is 0 Å². The summed E-state index contributed by atoms with van der Waals surface area (Å²) in [4.78, 5) is 37.0. The third kappa shape index (κ3) is 5.46. The summed E-state index contributed by atoms with van der Waals surface area (Å²) in [5, 5.41) is 0. The topological polar surface area (TPSA) is 57.9 Å². The van der Waals surface area contributed by atoms with Crippen molar-refractivity contribution in [1.29, 1.82) is 0 Å². The quantitative estimate of drug-likeness (QED) is 0.194. The maximum Gasteiger partial charge on any atom is 0.267 e. The summed E-state index contributed by atoms with van der Waals surface area (Å²) in [6.45, 7) is 5.55. The summed E-state index contributed by atoms with van der Waals surface area (Å²) in [5.41, 5.74) is 4.19. The number of aromatic nitrogens is 2. The second kappa shape index (κ2) is 11.6. The van der Waals surface area contributed by atoms with Crippen LogP contribution in [-0.2, 0) is 11.2 Å². The fourth-order valence-electron chi connectivity index (χ4n) is 5.79. The number of rotatable bonds is 6. The van der Waals surface area contributed by atoms with Gasteiger partial charge in [-0.2, -0.15) is 0 Å². The van der Waals surface area contributed by atoms with E-state index in [9.17, 15) is 9.59 Å². The molecule has 0 spiro atoms. The molecule has 6 rings (SSSR count). The Balaban J connectivity index is 1.34. The van der Waals surface area contributed by atoms with Crippen molar-refractivity contribution in [3.05, 3.63) is 117 Å². The largest absolute Gasteiger partial charge is 0.356 e. The zero-order valence-electron chi connectivity index (χ0n) is 23.2. The SMILES string of the molecule is Cc1cccn2c(=O)c(/C=C3\SC(=S)N(C(C)c4ccccc4)C3=O)c(N3CCC(Cc4ccccc4)CC3)nc12. The van der Waals surface area contributed by atoms with Crippen molar-refractivity contribution < 1.29 is 4.79 Å². The Kier molecular flexibility index (Phi) is 7.77. The van der Waals surface area contributed by atoms with Crippen LogP contribution in [0.5, 0.6) is 0 Å². The Labute approximate surface area is 249 Å². The molecule has 0 N–H and O–H groups in total. The predicted octanol–water partition coefficient (Wildman–Crippen LogP) is 6.42. The van der Waals surface area contributed by atoms with Crippen molar-refractivity contribution in [1.82, 2.24) is 14.3 Å². The highest BCUT2D eigenvalue weighted by Crippen LogP contribution is 2.39. The fraction of sp³-hybridized carbons (Fsp3) is 0.273. The zero-order valence-corrected chi connectivity index (χ0v) is 24.8. The Hall–Kier alpha value is -3.75. The van der Waals surface area contributed by atoms with E-state index in [1.54, 1.807) is 21.6 Å². The molecule has 4 aromatic rings. The molecule has 0 bridgehead atoms. The van der Waals surface area contributed by atoms with E-state index < -0.39 is 0 Å². The first-order valence-corrected chi connectivity index (χ1v) is 15.3. The maximum atomic E-state index is 13.9. The summed E-state index contributed by atoms with van der Waals surface area (Å²) >= 11 is 6.90. The van der Waals surface area contributed by atoms with Gasteiger partial charge in [0.25, 0.3) is 11.5 Å². The number of benzene rings is 2. The lowest BCUT2D eigenvalue weighted by atomic mass is 9.90. The molecule has 8 heteroatoms. The van der Waals surface area contributed by atoms with Crippen LogP contribution >= 0.6 is 24.0 Å². The molecule has 208 valence electrons. The molecule has 2 aromatic carbocycles. The van der Waals surface area contributed by atoms with Gasteiger partial charge in [-0.05, 0) is 67.9 Å². The van der Waals surface area contributed by atoms with Crippen molar-refractivity contribution in [2.24, 2.45) is 5.92 Å². The monoisotopic (exact) mass is 580 g/mol. The number of anilines is 1. The summed E-state index contributed by atoms with van der Waals surface area (Å²) in [5.74, 6) is 1.04. The molecule has 2 aromatic heterocycles. The van der Waals surface area contributed by atoms with Gasteiger partial charge in [0.2, 0.25) is 0 Å². The van der Waals surface area contributed by atoms with Gasteiger partial charge in [-0.25, -0.2) is 4.98 Å². The molecule has 4 heterocycles. The van der Waals surface area contributed by atoms with E-state index >= 15 is 0 Å². The van der Waals surface area contributed by atoms with E-state index in [2.05, 4.69) is 35.2 Å². The van der Waals surface area contributed by atoms with Crippen molar-refractivity contribution in [3.8, 4) is 0 Å². The van der Waals surface area contributed by atoms with Crippen molar-refractivity contribution in [2.75, 3.05) is 18.0 Å². The molecule has 1 amide bonds. The number of hydrogen-bond donors (Lipinski definition) is 0. The Bertz CT molecular complexity index is 1690. The Morgan fingerprint density at radius 2 is 1.68 bits per heavy atom. The highest BCUT2D eigenvalue weighted by atomic mass is 32.2. The van der Waals surface area contributed by atoms with Gasteiger partial charge >= 0.3 is 0 Å². The number of fused-ring (bicyclic) bond motifs is 1. The summed E-state index contributed by atoms with van der Waals surface area (Å²) in [6.07, 6.45) is 6.54. The van der Waals surface area contributed by atoms with Crippen LogP contribution in [0, 0.1) is 12.8 Å². The average molecular weight is 581 g/mol. The minimum absolute atomic E-state index is 0.179. The summed E-state index contributed by atoms with van der Waals surface area (Å²) in [6, 6.07) is 24.1. The van der Waals surface area contributed by atoms with Gasteiger partial charge in [0.1, 0.15) is 15.8 Å². The summed E-state index contributed by atoms with van der Waals surface area (Å²) in [7, 11) is 0. The number of hydrogen-bond acceptors (Lipinski definition) is 6. The smallest absolute Gasteiger partial charge is 0.267 e. The van der Waals surface area contributed by atoms with Crippen LogP contribution in [0.2, 0.25) is 0 Å². The molecule has 6 nitrogen and oxygen atoms in total. The van der Waals surface area contributed by atoms with Crippen LogP contribution in [0.4, 0.5) is 5.82 Å². The van der Waals surface area contributed by atoms with Gasteiger partial charge in [0.05, 0.1) is 16.5 Å². The van der Waals surface area contributed by atoms with Crippen LogP contribution in [0.1, 0.15) is 48.1 Å². The first-order chi connectivity index (χ1) is 19.9. The molecule has 0 saturated carbocycles. The number of nitrogens with zero attached hydrogens (tertiary/aromatic N) is 4. The van der Waals surface area contributed by atoms with Crippen LogP contribution in [-0.4, -0.2) is 37.6 Å². The number of aryl methyl sites for hydroxylation is 1. The normalized spacial score (nSPS) is 18.0. The lowest BCUT2D eigenvalue weighted by Crippen LogP contribution is -2.37. The second-order valence-electron chi connectivity index (χ2n) is 10.8. The Morgan fingerprint density at radius 3 is 2.39 bits per heavy atom. The minimum atomic E-state index is -0.212. The van der Waals surface area contributed by atoms with E-state index in [1.807, 2.05) is 56.3 Å². The molecule has 41 heavy (non-hydrogen) atoms. The minimum Gasteiger partial charge on any atom is -0.356 e. The first kappa shape index (κ1) is 27.4. The number of piperidine rings is 1. The molecule has 1 unspecified atom stereocenters. The average Bonchev–Trinajstić information content (AvgIpc) is 3.28. The van der Waals surface area contributed by atoms with Gasteiger partial charge in [0, 0.05) is 19.3 Å². The van der Waals surface area contributed by atoms with E-state index in [0.717, 1.165) is 43.5 Å². The molecule has 0 aliphatic carbocycles. The standard InChI is InChI=1S/C33H32N4O2S2/c1-22-10-9-17-36-29(22)34-30(35-18-15-25(16-19-35)20-24-11-5-3-6-12-24)27(31(36)38)21-28-32(39)37(33(40)41-28)23(2)26-13-7-4-8-14-26/h3-14,17,21,23,25H,15-16,18-20H2,1-2H3/b28-21-. The molecular weight excluding hydrogens is 549 g/mol. The highest BCUT2D eigenvalue weighted by Gasteiger charge is 2.36. The van der Waals surface area contributed by atoms with Crippen LogP contribution in [0.15, 0.2) is 88.7 Å². The first-order valence-electron chi connectivity index (χ1n) is 14.0. The van der Waals surface area contributed by atoms with Gasteiger partial charge in [-0.3, -0.25) is 18.9 Å². The summed E-state index contributed by atoms with van der Waals surface area (Å²) < 4.78 is 2.07. The third-order valence-corrected chi connectivity index (χ3v) is 9.44. The van der Waals surface area contributed by atoms with E-state index in [4.69, 9.17) is 17.2 Å². The molecule has 2 aliphatic heterocycles. The van der Waals surface area contributed by atoms with E-state index in [-0.39, 0.29) is 17.5 Å². The van der Waals surface area contributed by atoms with Crippen molar-refractivity contribution in [2.45, 2.75) is 39.2 Å². The number of amides is 1. The zero-order chi connectivity index (χ0) is 28.5. The molecular formula is C33H32N4O2S2. The third-order valence-electron chi connectivity index (χ3n) is 8.11. The molecule has 2 aliphatic rings. The second-order valence-corrected chi connectivity index (χ2v) is 12.5. The number of thiocarbonyl (C=S) groups is 1. The molecule has 2 saturated heterocycles. The number of thioether (sulfide) groups is 1. The van der Waals surface area contributed by atoms with Crippen LogP contribution in [0.25, 0.3) is 11.7 Å². The Morgan fingerprint density at radius 1 is 1.00 bits per heavy atom. The fourth-order valence-corrected chi connectivity index (χ4v) is 7.19. The number of carbonyl (C=O) groups is 1. The number of pyridine rings is 1. The lowest BCUT2D eigenvalue weighted by Gasteiger charge is -2.33. The molecule has 0 radical (unpaired) electrons. The number of carbonyl (C=O) groups excluding carboxylic acids is 1. The van der Waals surface area contributed by atoms with Crippen LogP contribution < -0.4 is 10.5 Å². The van der Waals surface area contributed by atoms with Gasteiger partial charge in [-0.1, -0.05) is 90.7 Å². The van der Waals surface area contributed by atoms with Gasteiger partial charge in [-0.15, -0.1) is 0 Å². The molecule has 2 fully saturated rings.